The summed E-state index contributed by atoms with van der Waals surface area (Å²) in [5, 5.41) is 71.3. The Bertz CT molecular complexity index is 5470. The van der Waals surface area contributed by atoms with Crippen LogP contribution in [0.1, 0.15) is 201 Å². The second-order valence-corrected chi connectivity index (χ2v) is 37.8. The van der Waals surface area contributed by atoms with Crippen LogP contribution in [0.2, 0.25) is 0 Å². The van der Waals surface area contributed by atoms with Crippen LogP contribution < -0.4 is 103 Å². The number of allylic oxidation sites excluding steroid dienone is 2. The van der Waals surface area contributed by atoms with E-state index in [4.69, 9.17) is 22.9 Å². The molecule has 772 valence electrons. The van der Waals surface area contributed by atoms with Crippen LogP contribution in [0.25, 0.3) is 21.8 Å². The van der Waals surface area contributed by atoms with Gasteiger partial charge in [0.2, 0.25) is 106 Å². The number of primary amides is 3. The van der Waals surface area contributed by atoms with Crippen molar-refractivity contribution >= 4 is 134 Å². The number of aromatic nitrogens is 2. The lowest BCUT2D eigenvalue weighted by Crippen LogP contribution is -2.65. The number of carbonyl (C=O) groups excluding carboxylic acids is 18. The number of amides is 18. The van der Waals surface area contributed by atoms with Crippen molar-refractivity contribution in [3.05, 3.63) is 144 Å². The number of carbonyl (C=O) groups is 19. The molecule has 0 radical (unpaired) electrons. The summed E-state index contributed by atoms with van der Waals surface area (Å²) in [6.07, 6.45) is 3.10. The lowest BCUT2D eigenvalue weighted by Gasteiger charge is -2.34. The number of rotatable bonds is 48. The number of aromatic amines is 2. The minimum Gasteiger partial charge on any atom is -0.508 e. The van der Waals surface area contributed by atoms with E-state index < -0.39 is 240 Å². The highest BCUT2D eigenvalue weighted by atomic mass is 16.4. The fraction of sp³-hybridized carbons (Fsp3) is 0.505. The van der Waals surface area contributed by atoms with Crippen LogP contribution in [0.4, 0.5) is 0 Å². The first-order valence-corrected chi connectivity index (χ1v) is 47.7. The molecule has 0 saturated heterocycles. The Kier molecular flexibility index (Phi) is 44.4. The molecule has 14 atom stereocenters. The Labute approximate surface area is 823 Å². The van der Waals surface area contributed by atoms with Crippen LogP contribution in [0.15, 0.2) is 122 Å². The predicted octanol–water partition coefficient (Wildman–Crippen LogP) is 0.723. The molecule has 0 spiro atoms. The zero-order valence-electron chi connectivity index (χ0n) is 81.9. The summed E-state index contributed by atoms with van der Waals surface area (Å²) < 4.78 is 0. The van der Waals surface area contributed by atoms with Gasteiger partial charge in [0.25, 0.3) is 0 Å². The number of unbranched alkanes of at least 4 members (excludes halogenated alkanes) is 1. The van der Waals surface area contributed by atoms with E-state index >= 15 is 28.8 Å². The van der Waals surface area contributed by atoms with Crippen molar-refractivity contribution < 1.29 is 106 Å². The summed E-state index contributed by atoms with van der Waals surface area (Å²) in [6.45, 7) is 15.1. The summed E-state index contributed by atoms with van der Waals surface area (Å²) in [5.41, 5.74) is 22.6. The van der Waals surface area contributed by atoms with Gasteiger partial charge in [-0.25, -0.2) is 0 Å². The Morgan fingerprint density at radius 3 is 1.45 bits per heavy atom. The number of phenolic OH excluding ortho intramolecular Hbond substituents is 2. The summed E-state index contributed by atoms with van der Waals surface area (Å²) in [7, 11) is 0. The van der Waals surface area contributed by atoms with Gasteiger partial charge < -0.3 is 128 Å². The van der Waals surface area contributed by atoms with E-state index in [1.807, 2.05) is 12.1 Å². The molecule has 2 aromatic heterocycles. The SMILES string of the molecule is CC(=O)NCC(=O)N[C@@H](Cc1c[nH]c2ccccc12)C(=O)N[C@@H](CCC(=O)O)C(=O)N[C@@H](C)C(=O)N[C@@]1(C)CCC/C=C\CCC[C@@](C)(C(=O)N[C@@H](CC(N)=O)C(=O)N[C@@H](CC(C)C)C(=O)N[C@@H](CC(C)C)C(=O)N[C@@H](CCC(N)=O)C(=O)N[C@@H](Cc2ccc(O)cc2)C(=O)N[C@@H](Cc2c[nH]c3ccccc23)C(N)=O)NC(=O)[C@H](CC(C)C)NC(=O)[C@H](Cc2ccc(O)cc2)NC(=O)[C@H](CCCCN)NC1=O. The fourth-order valence-corrected chi connectivity index (χ4v) is 16.2. The first kappa shape index (κ1) is 114. The molecule has 28 N–H and O–H groups in total. The summed E-state index contributed by atoms with van der Waals surface area (Å²) in [6, 6.07) is 6.83. The average molecular weight is 1980 g/mol. The van der Waals surface area contributed by atoms with E-state index in [0.717, 1.165) is 10.9 Å². The molecule has 7 rings (SSSR count). The standard InChI is InChI=1S/C99H139N21O22/c1-54(2)43-73(89(134)109-70(36-38-80(101)124)88(133)116-76(46-59-28-32-63(122)33-29-59)91(136)111-72(84(103)129)48-61-51-105-67-25-17-15-23-65(61)67)112-90(135)74(44-55(3)4)113-94(139)79(50-81(102)125)118-97(142)99(10)41-21-14-12-11-13-20-40-98(9,96(141)117-69(27-19-22-42-100)87(132)115-77(47-60-30-34-64(123)35-31-60)92(137)114-75(45-56(5)6)95(140)120-99)119-85(130)57(7)107-86(131)71(37-39-83(127)128)110-93(138)78(108-82(126)53-104-58(8)121)49-62-52-106-68-26-18-16-24-66(62)68/h11-12,15-18,23-26,28-35,51-52,54-57,69-79,105-106,122-123H,13-14,19-22,27,36-50,53,100H2,1-10H3,(H2,101,124)(H2,102,125)(H2,103,129)(H,104,121)(H,107,131)(H,108,126)(H,109,134)(H,110,138)(H,111,136)(H,112,135)(H,113,139)(H,114,137)(H,115,132)(H,116,133)(H,117,141)(H,118,142)(H,119,130)(H,120,140)(H,127,128)/b12-11-/t57-,69-,70-,71-,72-,73-,74-,75-,76-,77-,78-,79-,98-,99-/m0/s1. The van der Waals surface area contributed by atoms with Crippen LogP contribution in [-0.2, 0) is 117 Å². The largest absolute Gasteiger partial charge is 0.508 e. The van der Waals surface area contributed by atoms with Crippen LogP contribution in [0.5, 0.6) is 11.5 Å². The number of H-pyrrole nitrogens is 2. The molecule has 0 aliphatic carbocycles. The van der Waals surface area contributed by atoms with Crippen molar-refractivity contribution in [3.63, 3.8) is 0 Å². The number of hydrogen-bond acceptors (Lipinski definition) is 22. The normalized spacial score (nSPS) is 18.8. The molecule has 1 aliphatic heterocycles. The number of nitrogens with two attached hydrogens (primary N) is 4. The number of nitrogens with one attached hydrogen (secondary N) is 17. The lowest BCUT2D eigenvalue weighted by atomic mass is 9.91. The topological polar surface area (TPSA) is 701 Å². The van der Waals surface area contributed by atoms with Gasteiger partial charge in [0.05, 0.1) is 13.0 Å². The van der Waals surface area contributed by atoms with Crippen molar-refractivity contribution in [3.8, 4) is 11.5 Å². The second-order valence-electron chi connectivity index (χ2n) is 37.8. The van der Waals surface area contributed by atoms with Gasteiger partial charge in [-0.05, 0) is 194 Å². The zero-order chi connectivity index (χ0) is 105. The smallest absolute Gasteiger partial charge is 0.303 e. The maximum atomic E-state index is 15.4. The number of fused-ring (bicyclic) bond motifs is 2. The van der Waals surface area contributed by atoms with Gasteiger partial charge in [0, 0.05) is 79.6 Å². The van der Waals surface area contributed by atoms with Crippen LogP contribution >= 0.6 is 0 Å². The van der Waals surface area contributed by atoms with E-state index in [1.165, 1.54) is 76.2 Å². The van der Waals surface area contributed by atoms with Gasteiger partial charge in [-0.2, -0.15) is 0 Å². The minimum absolute atomic E-state index is 0.0728. The third kappa shape index (κ3) is 37.1. The molecule has 43 nitrogen and oxygen atoms in total. The highest BCUT2D eigenvalue weighted by Gasteiger charge is 2.44. The quantitative estimate of drug-likeness (QED) is 0.0185. The van der Waals surface area contributed by atoms with Gasteiger partial charge in [0.1, 0.15) is 95.1 Å². The molecule has 18 amide bonds. The highest BCUT2D eigenvalue weighted by molar-refractivity contribution is 6.03. The van der Waals surface area contributed by atoms with E-state index in [-0.39, 0.29) is 126 Å². The highest BCUT2D eigenvalue weighted by Crippen LogP contribution is 2.26. The van der Waals surface area contributed by atoms with Gasteiger partial charge in [-0.1, -0.05) is 114 Å². The first-order valence-electron chi connectivity index (χ1n) is 47.7. The Morgan fingerprint density at radius 2 is 0.937 bits per heavy atom. The molecule has 1 aliphatic rings. The number of benzene rings is 4. The fourth-order valence-electron chi connectivity index (χ4n) is 16.2. The zero-order valence-corrected chi connectivity index (χ0v) is 81.9. The van der Waals surface area contributed by atoms with Crippen molar-refractivity contribution in [2.45, 2.75) is 288 Å². The summed E-state index contributed by atoms with van der Waals surface area (Å²) in [4.78, 5) is 276. The van der Waals surface area contributed by atoms with Gasteiger partial charge in [-0.15, -0.1) is 0 Å². The van der Waals surface area contributed by atoms with Crippen molar-refractivity contribution in [2.75, 3.05) is 13.1 Å². The second kappa shape index (κ2) is 55.3. The molecule has 0 fully saturated rings. The van der Waals surface area contributed by atoms with E-state index in [1.54, 1.807) is 102 Å². The van der Waals surface area contributed by atoms with Crippen molar-refractivity contribution in [1.29, 1.82) is 0 Å². The molecule has 43 heteroatoms. The van der Waals surface area contributed by atoms with E-state index in [2.05, 4.69) is 89.7 Å². The number of para-hydroxylation sites is 2. The van der Waals surface area contributed by atoms with E-state index in [0.29, 0.717) is 39.6 Å². The molecular formula is C99H139N21O22. The van der Waals surface area contributed by atoms with Crippen molar-refractivity contribution in [1.82, 2.24) is 89.7 Å². The number of aromatic hydroxyl groups is 2. The predicted molar refractivity (Wildman–Crippen MR) is 525 cm³/mol. The number of aliphatic carboxylic acids is 1. The third-order valence-corrected chi connectivity index (χ3v) is 24.0. The van der Waals surface area contributed by atoms with Gasteiger partial charge >= 0.3 is 5.97 Å². The number of phenols is 2. The van der Waals surface area contributed by atoms with Crippen LogP contribution in [0.3, 0.4) is 0 Å². The third-order valence-electron chi connectivity index (χ3n) is 24.0. The first-order chi connectivity index (χ1) is 67.1. The van der Waals surface area contributed by atoms with Crippen LogP contribution in [-0.4, -0.2) is 234 Å². The number of hydrogen-bond donors (Lipinski definition) is 24. The van der Waals surface area contributed by atoms with Crippen molar-refractivity contribution in [2.24, 2.45) is 40.7 Å². The Morgan fingerprint density at radius 1 is 0.472 bits per heavy atom. The molecule has 0 saturated carbocycles. The van der Waals surface area contributed by atoms with Crippen LogP contribution in [0, 0.1) is 17.8 Å². The number of carboxylic acids is 1. The lowest BCUT2D eigenvalue weighted by molar-refractivity contribution is -0.139. The molecule has 0 bridgehead atoms. The molecule has 6 aromatic rings. The molecule has 142 heavy (non-hydrogen) atoms. The number of carboxylic acid groups (broad SMARTS) is 1. The Balaban J connectivity index is 1.16. The molecule has 0 unspecified atom stereocenters. The Hall–Kier alpha value is -14.8. The maximum absolute atomic E-state index is 15.4. The molecule has 3 heterocycles. The summed E-state index contributed by atoms with van der Waals surface area (Å²) >= 11 is 0. The van der Waals surface area contributed by atoms with Gasteiger partial charge in [-0.3, -0.25) is 91.1 Å². The minimum atomic E-state index is -2.07. The summed E-state index contributed by atoms with van der Waals surface area (Å²) in [5.74, 6) is -19.9. The van der Waals surface area contributed by atoms with E-state index in [9.17, 15) is 77.6 Å². The van der Waals surface area contributed by atoms with Gasteiger partial charge in [0.15, 0.2) is 0 Å². The monoisotopic (exact) mass is 1970 g/mol. The maximum Gasteiger partial charge on any atom is 0.303 e. The molecular weight excluding hydrogens is 1840 g/mol. The average Bonchev–Trinajstić information content (AvgIpc) is 0.984. The molecule has 4 aromatic carbocycles.